The van der Waals surface area contributed by atoms with E-state index in [1.165, 1.54) is 0 Å². The van der Waals surface area contributed by atoms with Crippen molar-refractivity contribution in [2.75, 3.05) is 0 Å². The van der Waals surface area contributed by atoms with E-state index in [-0.39, 0.29) is 17.8 Å². The molecule has 13 heavy (non-hydrogen) atoms. The fourth-order valence-electron chi connectivity index (χ4n) is 3.42. The van der Waals surface area contributed by atoms with Crippen LogP contribution in [0.3, 0.4) is 0 Å². The topological polar surface area (TPSA) is 0 Å². The van der Waals surface area contributed by atoms with Crippen LogP contribution in [0.1, 0.15) is 33.6 Å². The number of rotatable bonds is 2. The summed E-state index contributed by atoms with van der Waals surface area (Å²) in [7, 11) is 0. The van der Waals surface area contributed by atoms with Crippen molar-refractivity contribution in [3.63, 3.8) is 0 Å². The van der Waals surface area contributed by atoms with Gasteiger partial charge in [0.2, 0.25) is 0 Å². The Hall–Kier alpha value is -0.140. The number of alkyl halides is 2. The van der Waals surface area contributed by atoms with Crippen LogP contribution in [0.5, 0.6) is 0 Å². The van der Waals surface area contributed by atoms with Gasteiger partial charge in [-0.2, -0.15) is 0 Å². The second kappa shape index (κ2) is 2.68. The molecule has 0 spiro atoms. The maximum Gasteiger partial charge on any atom is 0.254 e. The van der Waals surface area contributed by atoms with Crippen LogP contribution >= 0.6 is 0 Å². The largest absolute Gasteiger partial charge is 0.254 e. The van der Waals surface area contributed by atoms with Crippen molar-refractivity contribution < 1.29 is 8.78 Å². The standard InChI is InChI=1S/C11H18F2/c1-4-7-5-8-10(11(8,12)13)9(7)6(2)3/h6-10H,4-5H2,1-3H3. The maximum atomic E-state index is 13.2. The molecule has 0 aromatic rings. The molecule has 2 heteroatoms. The van der Waals surface area contributed by atoms with E-state index in [9.17, 15) is 8.78 Å². The van der Waals surface area contributed by atoms with Crippen LogP contribution in [0.4, 0.5) is 8.78 Å². The van der Waals surface area contributed by atoms with Gasteiger partial charge in [-0.1, -0.05) is 27.2 Å². The molecule has 2 rings (SSSR count). The number of hydrogen-bond donors (Lipinski definition) is 0. The smallest absolute Gasteiger partial charge is 0.206 e. The lowest BCUT2D eigenvalue weighted by molar-refractivity contribution is 0.0344. The minimum absolute atomic E-state index is 0.259. The normalized spacial score (nSPS) is 46.6. The Bertz CT molecular complexity index is 210. The van der Waals surface area contributed by atoms with Crippen molar-refractivity contribution in [3.8, 4) is 0 Å². The van der Waals surface area contributed by atoms with Crippen LogP contribution in [-0.2, 0) is 0 Å². The highest BCUT2D eigenvalue weighted by Gasteiger charge is 2.75. The summed E-state index contributed by atoms with van der Waals surface area (Å²) in [6.07, 6.45) is 1.85. The van der Waals surface area contributed by atoms with Gasteiger partial charge in [0.25, 0.3) is 5.92 Å². The van der Waals surface area contributed by atoms with Gasteiger partial charge < -0.3 is 0 Å². The molecule has 76 valence electrons. The summed E-state index contributed by atoms with van der Waals surface area (Å²) in [5, 5.41) is 0. The molecule has 0 aliphatic heterocycles. The van der Waals surface area contributed by atoms with Crippen LogP contribution < -0.4 is 0 Å². The van der Waals surface area contributed by atoms with Gasteiger partial charge in [0.05, 0.1) is 0 Å². The molecule has 4 atom stereocenters. The summed E-state index contributed by atoms with van der Waals surface area (Å²) < 4.78 is 26.3. The lowest BCUT2D eigenvalue weighted by Gasteiger charge is -2.26. The van der Waals surface area contributed by atoms with Gasteiger partial charge in [0.15, 0.2) is 0 Å². The Morgan fingerprint density at radius 1 is 1.38 bits per heavy atom. The van der Waals surface area contributed by atoms with Gasteiger partial charge in [-0.25, -0.2) is 8.78 Å². The van der Waals surface area contributed by atoms with Crippen LogP contribution in [0.25, 0.3) is 0 Å². The van der Waals surface area contributed by atoms with Crippen molar-refractivity contribution in [2.45, 2.75) is 39.5 Å². The number of fused-ring (bicyclic) bond motifs is 1. The second-order valence-electron chi connectivity index (χ2n) is 5.03. The maximum absolute atomic E-state index is 13.2. The molecule has 0 aromatic heterocycles. The van der Waals surface area contributed by atoms with Crippen LogP contribution in [-0.4, -0.2) is 5.92 Å². The van der Waals surface area contributed by atoms with Gasteiger partial charge in [0, 0.05) is 11.8 Å². The molecule has 0 nitrogen and oxygen atoms in total. The molecular formula is C11H18F2. The fourth-order valence-corrected chi connectivity index (χ4v) is 3.42. The Balaban J connectivity index is 2.12. The highest BCUT2D eigenvalue weighted by atomic mass is 19.3. The van der Waals surface area contributed by atoms with Crippen LogP contribution in [0, 0.1) is 29.6 Å². The van der Waals surface area contributed by atoms with E-state index in [1.54, 1.807) is 0 Å². The summed E-state index contributed by atoms with van der Waals surface area (Å²) in [5.41, 5.74) is 0. The van der Waals surface area contributed by atoms with E-state index in [1.807, 2.05) is 0 Å². The monoisotopic (exact) mass is 188 g/mol. The Morgan fingerprint density at radius 3 is 2.46 bits per heavy atom. The quantitative estimate of drug-likeness (QED) is 0.621. The zero-order chi connectivity index (χ0) is 9.80. The van der Waals surface area contributed by atoms with Crippen molar-refractivity contribution >= 4 is 0 Å². The minimum atomic E-state index is -2.30. The zero-order valence-corrected chi connectivity index (χ0v) is 8.56. The third-order valence-corrected chi connectivity index (χ3v) is 4.07. The summed E-state index contributed by atoms with van der Waals surface area (Å²) in [6.45, 7) is 6.30. The molecule has 2 aliphatic carbocycles. The van der Waals surface area contributed by atoms with Gasteiger partial charge in [-0.3, -0.25) is 0 Å². The molecule has 0 radical (unpaired) electrons. The van der Waals surface area contributed by atoms with Crippen LogP contribution in [0.2, 0.25) is 0 Å². The summed E-state index contributed by atoms with van der Waals surface area (Å²) in [5.74, 6) is -1.56. The summed E-state index contributed by atoms with van der Waals surface area (Å²) in [4.78, 5) is 0. The molecule has 0 amide bonds. The van der Waals surface area contributed by atoms with Gasteiger partial charge >= 0.3 is 0 Å². The molecule has 2 aliphatic rings. The van der Waals surface area contributed by atoms with E-state index in [2.05, 4.69) is 20.8 Å². The first-order valence-corrected chi connectivity index (χ1v) is 5.38. The van der Waals surface area contributed by atoms with Crippen molar-refractivity contribution in [1.29, 1.82) is 0 Å². The predicted octanol–water partition coefficient (Wildman–Crippen LogP) is 3.57. The second-order valence-corrected chi connectivity index (χ2v) is 5.03. The summed E-state index contributed by atoms with van der Waals surface area (Å²) >= 11 is 0. The summed E-state index contributed by atoms with van der Waals surface area (Å²) in [6, 6.07) is 0. The third kappa shape index (κ3) is 1.14. The molecule has 4 unspecified atom stereocenters. The predicted molar refractivity (Wildman–Crippen MR) is 48.7 cm³/mol. The van der Waals surface area contributed by atoms with Gasteiger partial charge in [-0.05, 0) is 24.2 Å². The Labute approximate surface area is 78.7 Å². The number of hydrogen-bond acceptors (Lipinski definition) is 0. The fraction of sp³-hybridized carbons (Fsp3) is 1.00. The average molecular weight is 188 g/mol. The van der Waals surface area contributed by atoms with Gasteiger partial charge in [0.1, 0.15) is 0 Å². The Kier molecular flexibility index (Phi) is 1.94. The highest BCUT2D eigenvalue weighted by molar-refractivity contribution is 5.15. The Morgan fingerprint density at radius 2 is 2.00 bits per heavy atom. The van der Waals surface area contributed by atoms with Crippen molar-refractivity contribution in [3.05, 3.63) is 0 Å². The molecule has 0 aromatic carbocycles. The SMILES string of the molecule is CCC1CC2C(C1C(C)C)C2(F)F. The molecule has 2 saturated carbocycles. The average Bonchev–Trinajstić information content (AvgIpc) is 2.50. The molecule has 0 bridgehead atoms. The van der Waals surface area contributed by atoms with Crippen molar-refractivity contribution in [2.24, 2.45) is 29.6 Å². The van der Waals surface area contributed by atoms with E-state index >= 15 is 0 Å². The van der Waals surface area contributed by atoms with E-state index < -0.39 is 5.92 Å². The van der Waals surface area contributed by atoms with E-state index in [0.717, 1.165) is 12.8 Å². The molecule has 0 heterocycles. The van der Waals surface area contributed by atoms with Crippen LogP contribution in [0.15, 0.2) is 0 Å². The first kappa shape index (κ1) is 9.42. The van der Waals surface area contributed by atoms with E-state index in [4.69, 9.17) is 0 Å². The third-order valence-electron chi connectivity index (χ3n) is 4.07. The first-order valence-electron chi connectivity index (χ1n) is 5.38. The first-order chi connectivity index (χ1) is 6.00. The van der Waals surface area contributed by atoms with Gasteiger partial charge in [-0.15, -0.1) is 0 Å². The van der Waals surface area contributed by atoms with E-state index in [0.29, 0.717) is 11.8 Å². The molecular weight excluding hydrogens is 170 g/mol. The lowest BCUT2D eigenvalue weighted by Crippen LogP contribution is -2.23. The van der Waals surface area contributed by atoms with Crippen molar-refractivity contribution in [1.82, 2.24) is 0 Å². The molecule has 0 N–H and O–H groups in total. The highest BCUT2D eigenvalue weighted by Crippen LogP contribution is 2.70. The number of halogens is 2. The lowest BCUT2D eigenvalue weighted by atomic mass is 9.80. The molecule has 2 fully saturated rings. The minimum Gasteiger partial charge on any atom is -0.206 e. The zero-order valence-electron chi connectivity index (χ0n) is 8.56. The molecule has 0 saturated heterocycles.